The Bertz CT molecular complexity index is 292. The van der Waals surface area contributed by atoms with Crippen LogP contribution in [0.5, 0.6) is 0 Å². The van der Waals surface area contributed by atoms with Crippen molar-refractivity contribution in [2.45, 2.75) is 6.92 Å². The Morgan fingerprint density at radius 2 is 2.27 bits per heavy atom. The van der Waals surface area contributed by atoms with E-state index in [4.69, 9.17) is 0 Å². The molecule has 0 saturated carbocycles. The van der Waals surface area contributed by atoms with Gasteiger partial charge in [-0.05, 0) is 24.1 Å². The number of aryl methyl sites for hydroxylation is 1. The first kappa shape index (κ1) is 7.86. The van der Waals surface area contributed by atoms with Crippen LogP contribution in [-0.4, -0.2) is 4.57 Å². The van der Waals surface area contributed by atoms with Crippen molar-refractivity contribution in [3.63, 3.8) is 0 Å². The minimum atomic E-state index is 1.08. The highest BCUT2D eigenvalue weighted by molar-refractivity contribution is 5.69. The third kappa shape index (κ3) is 1.27. The normalized spacial score (nSPS) is 9.64. The molecule has 11 heavy (non-hydrogen) atoms. The van der Waals surface area contributed by atoms with Crippen LogP contribution in [0.15, 0.2) is 25.4 Å². The molecule has 0 aliphatic carbocycles. The molecule has 0 spiro atoms. The van der Waals surface area contributed by atoms with E-state index < -0.39 is 0 Å². The first-order chi connectivity index (χ1) is 5.16. The molecule has 1 aromatic rings. The van der Waals surface area contributed by atoms with Gasteiger partial charge < -0.3 is 4.57 Å². The van der Waals surface area contributed by atoms with Crippen LogP contribution in [0.1, 0.15) is 18.2 Å². The van der Waals surface area contributed by atoms with E-state index in [1.165, 1.54) is 5.69 Å². The fourth-order valence-electron chi connectivity index (χ4n) is 1.26. The van der Waals surface area contributed by atoms with Crippen molar-refractivity contribution >= 4 is 11.6 Å². The maximum Gasteiger partial charge on any atom is 0.0501 e. The molecule has 0 aromatic carbocycles. The number of nitrogens with zero attached hydrogens (tertiary/aromatic N) is 1. The molecule has 0 bridgehead atoms. The van der Waals surface area contributed by atoms with E-state index in [-0.39, 0.29) is 0 Å². The number of allylic oxidation sites excluding steroid dienone is 1. The first-order valence-corrected chi connectivity index (χ1v) is 3.60. The van der Waals surface area contributed by atoms with Gasteiger partial charge in [-0.15, -0.1) is 0 Å². The molecule has 0 radical (unpaired) electrons. The van der Waals surface area contributed by atoms with Crippen LogP contribution in [0.4, 0.5) is 0 Å². The Labute approximate surface area is 67.7 Å². The number of rotatable bonds is 2. The average molecular weight is 147 g/mol. The maximum atomic E-state index is 3.90. The van der Waals surface area contributed by atoms with Crippen molar-refractivity contribution in [2.75, 3.05) is 0 Å². The molecule has 1 nitrogen and oxygen atoms in total. The van der Waals surface area contributed by atoms with Gasteiger partial charge in [0.15, 0.2) is 0 Å². The average Bonchev–Trinajstić information content (AvgIpc) is 2.30. The molecule has 0 atom stereocenters. The predicted molar refractivity (Wildman–Crippen MR) is 50.2 cm³/mol. The number of aromatic nitrogens is 1. The van der Waals surface area contributed by atoms with Gasteiger partial charge in [0.2, 0.25) is 0 Å². The van der Waals surface area contributed by atoms with Crippen molar-refractivity contribution in [2.24, 2.45) is 7.05 Å². The van der Waals surface area contributed by atoms with Crippen molar-refractivity contribution < 1.29 is 0 Å². The monoisotopic (exact) mass is 147 g/mol. The second-order valence-electron chi connectivity index (χ2n) is 2.72. The number of hydrogen-bond donors (Lipinski definition) is 0. The van der Waals surface area contributed by atoms with Gasteiger partial charge in [0.1, 0.15) is 0 Å². The second-order valence-corrected chi connectivity index (χ2v) is 2.72. The standard InChI is InChI=1S/C10H13N/c1-5-9-6-7-11(4)10(9)8(2)3/h5-7H,1-2H2,3-4H3. The molecule has 0 aliphatic rings. The molecule has 0 aliphatic heterocycles. The van der Waals surface area contributed by atoms with Gasteiger partial charge in [0, 0.05) is 13.2 Å². The third-order valence-electron chi connectivity index (χ3n) is 1.73. The summed E-state index contributed by atoms with van der Waals surface area (Å²) in [5, 5.41) is 0. The van der Waals surface area contributed by atoms with Gasteiger partial charge >= 0.3 is 0 Å². The van der Waals surface area contributed by atoms with E-state index in [0.29, 0.717) is 0 Å². The molecule has 1 rings (SSSR count). The van der Waals surface area contributed by atoms with Crippen molar-refractivity contribution in [1.29, 1.82) is 0 Å². The summed E-state index contributed by atoms with van der Waals surface area (Å²) in [4.78, 5) is 0. The second kappa shape index (κ2) is 2.79. The zero-order valence-electron chi connectivity index (χ0n) is 7.09. The van der Waals surface area contributed by atoms with Gasteiger partial charge in [0.05, 0.1) is 5.69 Å². The smallest absolute Gasteiger partial charge is 0.0501 e. The zero-order valence-corrected chi connectivity index (χ0v) is 7.09. The van der Waals surface area contributed by atoms with E-state index in [1.54, 1.807) is 0 Å². The summed E-state index contributed by atoms with van der Waals surface area (Å²) in [7, 11) is 2.01. The quantitative estimate of drug-likeness (QED) is 0.606. The summed E-state index contributed by atoms with van der Waals surface area (Å²) in [6.07, 6.45) is 3.87. The lowest BCUT2D eigenvalue weighted by Gasteiger charge is -2.02. The van der Waals surface area contributed by atoms with Crippen LogP contribution in [0.2, 0.25) is 0 Å². The molecule has 58 valence electrons. The molecule has 0 fully saturated rings. The molecule has 0 saturated heterocycles. The summed E-state index contributed by atoms with van der Waals surface area (Å²) < 4.78 is 2.05. The van der Waals surface area contributed by atoms with Crippen LogP contribution in [0, 0.1) is 0 Å². The fourth-order valence-corrected chi connectivity index (χ4v) is 1.26. The highest BCUT2D eigenvalue weighted by atomic mass is 14.9. The lowest BCUT2D eigenvalue weighted by molar-refractivity contribution is 0.907. The van der Waals surface area contributed by atoms with Gasteiger partial charge in [-0.2, -0.15) is 0 Å². The summed E-state index contributed by atoms with van der Waals surface area (Å²) in [5.74, 6) is 0. The van der Waals surface area contributed by atoms with Gasteiger partial charge in [0.25, 0.3) is 0 Å². The van der Waals surface area contributed by atoms with E-state index >= 15 is 0 Å². The minimum Gasteiger partial charge on any atom is -0.350 e. The zero-order chi connectivity index (χ0) is 8.43. The molecule has 1 heteroatoms. The lowest BCUT2D eigenvalue weighted by atomic mass is 10.1. The summed E-state index contributed by atoms with van der Waals surface area (Å²) >= 11 is 0. The highest BCUT2D eigenvalue weighted by Crippen LogP contribution is 2.18. The van der Waals surface area contributed by atoms with E-state index in [1.807, 2.05) is 32.3 Å². The highest BCUT2D eigenvalue weighted by Gasteiger charge is 2.02. The molecular weight excluding hydrogens is 134 g/mol. The van der Waals surface area contributed by atoms with Crippen molar-refractivity contribution in [1.82, 2.24) is 4.57 Å². The lowest BCUT2D eigenvalue weighted by Crippen LogP contribution is -1.92. The molecule has 1 aromatic heterocycles. The van der Waals surface area contributed by atoms with E-state index in [9.17, 15) is 0 Å². The Hall–Kier alpha value is -1.24. The van der Waals surface area contributed by atoms with Crippen molar-refractivity contribution in [3.8, 4) is 0 Å². The van der Waals surface area contributed by atoms with Crippen LogP contribution >= 0.6 is 0 Å². The molecule has 0 N–H and O–H groups in total. The molecule has 0 unspecified atom stereocenters. The Kier molecular flexibility index (Phi) is 1.99. The molecule has 1 heterocycles. The van der Waals surface area contributed by atoms with Gasteiger partial charge in [-0.1, -0.05) is 19.2 Å². The third-order valence-corrected chi connectivity index (χ3v) is 1.73. The van der Waals surface area contributed by atoms with E-state index in [2.05, 4.69) is 17.7 Å². The maximum absolute atomic E-state index is 3.90. The van der Waals surface area contributed by atoms with Gasteiger partial charge in [-0.25, -0.2) is 0 Å². The first-order valence-electron chi connectivity index (χ1n) is 3.60. The van der Waals surface area contributed by atoms with Crippen LogP contribution < -0.4 is 0 Å². The SMILES string of the molecule is C=Cc1ccn(C)c1C(=C)C. The Morgan fingerprint density at radius 3 is 2.64 bits per heavy atom. The fraction of sp³-hybridized carbons (Fsp3) is 0.200. The predicted octanol–water partition coefficient (Wildman–Crippen LogP) is 2.70. The summed E-state index contributed by atoms with van der Waals surface area (Å²) in [6, 6.07) is 2.04. The Balaban J connectivity index is 3.28. The molecular formula is C10H13N. The van der Waals surface area contributed by atoms with Crippen LogP contribution in [-0.2, 0) is 7.05 Å². The summed E-state index contributed by atoms with van der Waals surface area (Å²) in [5.41, 5.74) is 3.40. The molecule has 0 amide bonds. The number of hydrogen-bond acceptors (Lipinski definition) is 0. The summed E-state index contributed by atoms with van der Waals surface area (Å²) in [6.45, 7) is 9.63. The van der Waals surface area contributed by atoms with Crippen molar-refractivity contribution in [3.05, 3.63) is 36.7 Å². The van der Waals surface area contributed by atoms with Crippen LogP contribution in [0.3, 0.4) is 0 Å². The van der Waals surface area contributed by atoms with E-state index in [0.717, 1.165) is 11.1 Å². The topological polar surface area (TPSA) is 4.93 Å². The Morgan fingerprint density at radius 1 is 1.64 bits per heavy atom. The largest absolute Gasteiger partial charge is 0.350 e. The minimum absolute atomic E-state index is 1.08. The van der Waals surface area contributed by atoms with Crippen LogP contribution in [0.25, 0.3) is 11.6 Å². The van der Waals surface area contributed by atoms with Gasteiger partial charge in [-0.3, -0.25) is 0 Å².